The Hall–Kier alpha value is -3.48. The van der Waals surface area contributed by atoms with Gasteiger partial charge in [0.15, 0.2) is 5.69 Å². The van der Waals surface area contributed by atoms with Crippen molar-refractivity contribution < 1.29 is 13.9 Å². The fourth-order valence-corrected chi connectivity index (χ4v) is 2.95. The van der Waals surface area contributed by atoms with Crippen LogP contribution in [0.2, 0.25) is 0 Å². The minimum atomic E-state index is -0.533. The van der Waals surface area contributed by atoms with Crippen LogP contribution in [0.3, 0.4) is 0 Å². The van der Waals surface area contributed by atoms with Crippen LogP contribution in [0.4, 0.5) is 4.39 Å². The molecule has 0 spiro atoms. The van der Waals surface area contributed by atoms with E-state index >= 15 is 0 Å². The molecule has 0 fully saturated rings. The van der Waals surface area contributed by atoms with Crippen LogP contribution in [0.5, 0.6) is 5.75 Å². The van der Waals surface area contributed by atoms with Crippen molar-refractivity contribution in [2.24, 2.45) is 0 Å². The number of hydrogen-bond acceptors (Lipinski definition) is 4. The molecule has 29 heavy (non-hydrogen) atoms. The van der Waals surface area contributed by atoms with Gasteiger partial charge in [0.2, 0.25) is 5.43 Å². The normalized spacial score (nSPS) is 10.6. The second kappa shape index (κ2) is 8.68. The zero-order valence-electron chi connectivity index (χ0n) is 16.6. The summed E-state index contributed by atoms with van der Waals surface area (Å²) in [7, 11) is 1.59. The molecular weight excluding hydrogens is 373 g/mol. The summed E-state index contributed by atoms with van der Waals surface area (Å²) in [5.41, 5.74) is 0.732. The number of benzene rings is 2. The van der Waals surface area contributed by atoms with Gasteiger partial charge < -0.3 is 9.64 Å². The topological polar surface area (TPSA) is 64.4 Å². The first-order valence-electron chi connectivity index (χ1n) is 9.23. The van der Waals surface area contributed by atoms with Crippen LogP contribution < -0.4 is 10.2 Å². The molecule has 0 saturated heterocycles. The van der Waals surface area contributed by atoms with Crippen molar-refractivity contribution in [2.45, 2.75) is 20.4 Å². The van der Waals surface area contributed by atoms with Gasteiger partial charge in [0.1, 0.15) is 17.3 Å². The zero-order valence-corrected chi connectivity index (χ0v) is 16.6. The van der Waals surface area contributed by atoms with Crippen LogP contribution in [0, 0.1) is 12.7 Å². The average molecular weight is 395 g/mol. The summed E-state index contributed by atoms with van der Waals surface area (Å²) in [6, 6.07) is 14.7. The van der Waals surface area contributed by atoms with E-state index < -0.39 is 17.2 Å². The third-order valence-electron chi connectivity index (χ3n) is 4.39. The second-order valence-electron chi connectivity index (χ2n) is 6.60. The highest BCUT2D eigenvalue weighted by Gasteiger charge is 2.20. The molecule has 0 unspecified atom stereocenters. The maximum Gasteiger partial charge on any atom is 0.278 e. The first kappa shape index (κ1) is 20.3. The lowest BCUT2D eigenvalue weighted by Gasteiger charge is -2.18. The van der Waals surface area contributed by atoms with Crippen molar-refractivity contribution in [1.82, 2.24) is 14.7 Å². The molecule has 0 aliphatic heterocycles. The van der Waals surface area contributed by atoms with Crippen LogP contribution in [-0.2, 0) is 6.54 Å². The van der Waals surface area contributed by atoms with Gasteiger partial charge in [0.25, 0.3) is 5.91 Å². The van der Waals surface area contributed by atoms with E-state index in [0.29, 0.717) is 18.8 Å². The molecule has 6 nitrogen and oxygen atoms in total. The Morgan fingerprint density at radius 3 is 2.52 bits per heavy atom. The molecule has 150 valence electrons. The van der Waals surface area contributed by atoms with Gasteiger partial charge in [-0.3, -0.25) is 9.59 Å². The van der Waals surface area contributed by atoms with Crippen LogP contribution >= 0.6 is 0 Å². The fourth-order valence-electron chi connectivity index (χ4n) is 2.95. The molecule has 1 heterocycles. The Morgan fingerprint density at radius 2 is 1.86 bits per heavy atom. The van der Waals surface area contributed by atoms with Crippen molar-refractivity contribution in [1.29, 1.82) is 0 Å². The predicted octanol–water partition coefficient (Wildman–Crippen LogP) is 3.35. The first-order chi connectivity index (χ1) is 13.9. The monoisotopic (exact) mass is 395 g/mol. The summed E-state index contributed by atoms with van der Waals surface area (Å²) in [6.45, 7) is 4.41. The Kier molecular flexibility index (Phi) is 6.07. The quantitative estimate of drug-likeness (QED) is 0.642. The number of para-hydroxylation sites is 1. The molecule has 1 aromatic heterocycles. The highest BCUT2D eigenvalue weighted by Crippen LogP contribution is 2.15. The van der Waals surface area contributed by atoms with Crippen molar-refractivity contribution in [3.8, 4) is 11.4 Å². The maximum absolute atomic E-state index is 14.2. The number of rotatable bonds is 6. The highest BCUT2D eigenvalue weighted by atomic mass is 19.1. The summed E-state index contributed by atoms with van der Waals surface area (Å²) in [6.07, 6.45) is 0. The number of hydrogen-bond donors (Lipinski definition) is 0. The third kappa shape index (κ3) is 4.51. The molecule has 0 atom stereocenters. The van der Waals surface area contributed by atoms with Gasteiger partial charge in [-0.1, -0.05) is 24.3 Å². The molecule has 3 rings (SSSR count). The molecule has 7 heteroatoms. The number of carbonyl (C=O) groups is 1. The van der Waals surface area contributed by atoms with Crippen molar-refractivity contribution in [3.05, 3.63) is 87.6 Å². The second-order valence-corrected chi connectivity index (χ2v) is 6.60. The molecule has 0 bridgehead atoms. The molecule has 3 aromatic rings. The Balaban J connectivity index is 1.87. The van der Waals surface area contributed by atoms with Gasteiger partial charge in [-0.2, -0.15) is 5.10 Å². The summed E-state index contributed by atoms with van der Waals surface area (Å²) < 4.78 is 20.9. The molecule has 0 aliphatic rings. The van der Waals surface area contributed by atoms with Crippen LogP contribution in [0.1, 0.15) is 28.7 Å². The van der Waals surface area contributed by atoms with Crippen LogP contribution in [0.15, 0.2) is 59.4 Å². The van der Waals surface area contributed by atoms with E-state index in [2.05, 4.69) is 5.10 Å². The van der Waals surface area contributed by atoms with E-state index in [1.807, 2.05) is 31.2 Å². The van der Waals surface area contributed by atoms with E-state index in [-0.39, 0.29) is 11.4 Å². The standard InChI is InChI=1S/C22H22FN3O3/c1-4-29-17-11-9-16(10-12-17)14-25(3)22(28)21-20(27)13-15(2)26(24-21)19-8-6-5-7-18(19)23/h5-13H,4,14H2,1-3H3. The minimum absolute atomic E-state index is 0.174. The van der Waals surface area contributed by atoms with Gasteiger partial charge in [0.05, 0.1) is 6.61 Å². The molecule has 0 saturated carbocycles. The number of halogens is 1. The molecule has 0 radical (unpaired) electrons. The van der Waals surface area contributed by atoms with E-state index in [1.165, 1.54) is 27.8 Å². The minimum Gasteiger partial charge on any atom is -0.494 e. The number of nitrogens with zero attached hydrogens (tertiary/aromatic N) is 3. The third-order valence-corrected chi connectivity index (χ3v) is 4.39. The lowest BCUT2D eigenvalue weighted by Crippen LogP contribution is -2.33. The fraction of sp³-hybridized carbons (Fsp3) is 0.227. The number of amides is 1. The largest absolute Gasteiger partial charge is 0.494 e. The summed E-state index contributed by atoms with van der Waals surface area (Å²) >= 11 is 0. The van der Waals surface area contributed by atoms with Gasteiger partial charge in [-0.05, 0) is 43.7 Å². The number of ether oxygens (including phenoxy) is 1. The maximum atomic E-state index is 14.2. The SMILES string of the molecule is CCOc1ccc(CN(C)C(=O)c2nn(-c3ccccc3F)c(C)cc2=O)cc1. The zero-order chi connectivity index (χ0) is 21.0. The van der Waals surface area contributed by atoms with Gasteiger partial charge in [-0.25, -0.2) is 9.07 Å². The van der Waals surface area contributed by atoms with Crippen LogP contribution in [-0.4, -0.2) is 34.2 Å². The first-order valence-corrected chi connectivity index (χ1v) is 9.23. The van der Waals surface area contributed by atoms with Gasteiger partial charge >= 0.3 is 0 Å². The summed E-state index contributed by atoms with van der Waals surface area (Å²) in [5, 5.41) is 4.16. The Bertz CT molecular complexity index is 1080. The lowest BCUT2D eigenvalue weighted by molar-refractivity contribution is 0.0775. The van der Waals surface area contributed by atoms with E-state index in [0.717, 1.165) is 11.3 Å². The molecule has 0 N–H and O–H groups in total. The molecular formula is C22H22FN3O3. The van der Waals surface area contributed by atoms with Gasteiger partial charge in [0, 0.05) is 25.4 Å². The molecule has 2 aromatic carbocycles. The molecule has 0 aliphatic carbocycles. The van der Waals surface area contributed by atoms with Crippen LogP contribution in [0.25, 0.3) is 5.69 Å². The van der Waals surface area contributed by atoms with Gasteiger partial charge in [-0.15, -0.1) is 0 Å². The predicted molar refractivity (Wildman–Crippen MR) is 108 cm³/mol. The Morgan fingerprint density at radius 1 is 1.17 bits per heavy atom. The summed E-state index contributed by atoms with van der Waals surface area (Å²) in [4.78, 5) is 26.6. The number of aryl methyl sites for hydroxylation is 1. The smallest absolute Gasteiger partial charge is 0.278 e. The van der Waals surface area contributed by atoms with Crippen molar-refractivity contribution in [2.75, 3.05) is 13.7 Å². The van der Waals surface area contributed by atoms with E-state index in [1.54, 1.807) is 26.1 Å². The molecule has 1 amide bonds. The highest BCUT2D eigenvalue weighted by molar-refractivity contribution is 5.91. The number of aromatic nitrogens is 2. The lowest BCUT2D eigenvalue weighted by atomic mass is 10.2. The summed E-state index contributed by atoms with van der Waals surface area (Å²) in [5.74, 6) is -0.278. The Labute approximate surface area is 168 Å². The van der Waals surface area contributed by atoms with Crippen molar-refractivity contribution in [3.63, 3.8) is 0 Å². The number of carbonyl (C=O) groups excluding carboxylic acids is 1. The van der Waals surface area contributed by atoms with E-state index in [4.69, 9.17) is 4.74 Å². The average Bonchev–Trinajstić information content (AvgIpc) is 2.70. The van der Waals surface area contributed by atoms with Crippen molar-refractivity contribution >= 4 is 5.91 Å². The van der Waals surface area contributed by atoms with E-state index in [9.17, 15) is 14.0 Å².